The molecule has 6 heteroatoms. The second-order valence-corrected chi connectivity index (χ2v) is 6.97. The Balaban J connectivity index is 2.66. The Morgan fingerprint density at radius 3 is 2.48 bits per heavy atom. The zero-order valence-corrected chi connectivity index (χ0v) is 13.9. The molecule has 1 rings (SSSR count). The molecule has 0 saturated carbocycles. The molecule has 1 aromatic carbocycles. The summed E-state index contributed by atoms with van der Waals surface area (Å²) in [5.74, 6) is 0. The molecule has 0 unspecified atom stereocenters. The Morgan fingerprint density at radius 1 is 1.24 bits per heavy atom. The molecule has 0 bridgehead atoms. The van der Waals surface area contributed by atoms with Crippen molar-refractivity contribution in [3.8, 4) is 0 Å². The van der Waals surface area contributed by atoms with Crippen molar-refractivity contribution in [1.82, 2.24) is 9.62 Å². The monoisotopic (exact) mass is 314 g/mol. The van der Waals surface area contributed by atoms with E-state index in [2.05, 4.69) is 12.2 Å². The molecule has 0 fully saturated rings. The summed E-state index contributed by atoms with van der Waals surface area (Å²) < 4.78 is 31.1. The fraction of sp³-hybridized carbons (Fsp3) is 0.600. The molecule has 0 aliphatic rings. The fourth-order valence-electron chi connectivity index (χ4n) is 1.97. The van der Waals surface area contributed by atoms with E-state index in [-0.39, 0.29) is 0 Å². The molecule has 0 saturated heterocycles. The van der Waals surface area contributed by atoms with Crippen molar-refractivity contribution in [3.63, 3.8) is 0 Å². The molecule has 0 heterocycles. The lowest BCUT2D eigenvalue weighted by atomic mass is 10.1. The summed E-state index contributed by atoms with van der Waals surface area (Å²) in [5.41, 5.74) is 1.14. The highest BCUT2D eigenvalue weighted by atomic mass is 32.2. The first-order chi connectivity index (χ1) is 10.0. The van der Waals surface area contributed by atoms with Gasteiger partial charge in [0.05, 0.1) is 4.90 Å². The summed E-state index contributed by atoms with van der Waals surface area (Å²) in [7, 11) is -0.186. The quantitative estimate of drug-likeness (QED) is 0.665. The number of benzene rings is 1. The van der Waals surface area contributed by atoms with Crippen LogP contribution < -0.4 is 5.32 Å². The normalized spacial score (nSPS) is 12.0. The third kappa shape index (κ3) is 5.74. The van der Waals surface area contributed by atoms with Gasteiger partial charge < -0.3 is 10.1 Å². The molecule has 0 aromatic heterocycles. The van der Waals surface area contributed by atoms with Crippen LogP contribution in [-0.2, 0) is 21.2 Å². The molecule has 0 spiro atoms. The predicted molar refractivity (Wildman–Crippen MR) is 85.0 cm³/mol. The maximum Gasteiger partial charge on any atom is 0.242 e. The molecule has 0 aliphatic heterocycles. The van der Waals surface area contributed by atoms with E-state index in [0.29, 0.717) is 24.5 Å². The zero-order valence-electron chi connectivity index (χ0n) is 13.1. The number of hydrogen-bond donors (Lipinski definition) is 1. The molecular formula is C15H26N2O3S. The van der Waals surface area contributed by atoms with Gasteiger partial charge in [0.1, 0.15) is 0 Å². The lowest BCUT2D eigenvalue weighted by Crippen LogP contribution is -2.28. The van der Waals surface area contributed by atoms with Crippen molar-refractivity contribution < 1.29 is 13.2 Å². The van der Waals surface area contributed by atoms with Crippen LogP contribution in [0.25, 0.3) is 0 Å². The zero-order chi connectivity index (χ0) is 15.7. The second-order valence-electron chi connectivity index (χ2n) is 4.92. The SMILES string of the molecule is CCNCCc1ccc(S(=O)(=O)N(C)CCCOC)cc1. The number of hydrogen-bond acceptors (Lipinski definition) is 4. The number of nitrogens with one attached hydrogen (secondary N) is 1. The Bertz CT molecular complexity index is 500. The Kier molecular flexibility index (Phi) is 7.88. The molecule has 120 valence electrons. The van der Waals surface area contributed by atoms with E-state index < -0.39 is 10.0 Å². The lowest BCUT2D eigenvalue weighted by Gasteiger charge is -2.17. The second kappa shape index (κ2) is 9.15. The van der Waals surface area contributed by atoms with Gasteiger partial charge in [0, 0.05) is 27.3 Å². The van der Waals surface area contributed by atoms with Gasteiger partial charge in [0.15, 0.2) is 0 Å². The number of ether oxygens (including phenoxy) is 1. The Hall–Kier alpha value is -0.950. The number of likely N-dealkylation sites (N-methyl/N-ethyl adjacent to an activating group) is 1. The van der Waals surface area contributed by atoms with Crippen LogP contribution in [0, 0.1) is 0 Å². The van der Waals surface area contributed by atoms with E-state index in [1.54, 1.807) is 26.3 Å². The minimum Gasteiger partial charge on any atom is -0.385 e. The maximum absolute atomic E-state index is 12.4. The van der Waals surface area contributed by atoms with Crippen LogP contribution in [0.1, 0.15) is 18.9 Å². The average Bonchev–Trinajstić information content (AvgIpc) is 2.48. The smallest absolute Gasteiger partial charge is 0.242 e. The topological polar surface area (TPSA) is 58.6 Å². The van der Waals surface area contributed by atoms with E-state index in [0.717, 1.165) is 25.1 Å². The first-order valence-electron chi connectivity index (χ1n) is 7.27. The van der Waals surface area contributed by atoms with Crippen molar-refractivity contribution in [3.05, 3.63) is 29.8 Å². The first-order valence-corrected chi connectivity index (χ1v) is 8.71. The Labute approximate surface area is 128 Å². The van der Waals surface area contributed by atoms with Gasteiger partial charge in [-0.05, 0) is 43.6 Å². The molecular weight excluding hydrogens is 288 g/mol. The van der Waals surface area contributed by atoms with E-state index in [1.807, 2.05) is 12.1 Å². The van der Waals surface area contributed by atoms with Gasteiger partial charge in [-0.25, -0.2) is 12.7 Å². The molecule has 5 nitrogen and oxygen atoms in total. The number of nitrogens with zero attached hydrogens (tertiary/aromatic N) is 1. The largest absolute Gasteiger partial charge is 0.385 e. The van der Waals surface area contributed by atoms with E-state index in [1.165, 1.54) is 4.31 Å². The number of sulfonamides is 1. The van der Waals surface area contributed by atoms with Gasteiger partial charge in [-0.1, -0.05) is 19.1 Å². The van der Waals surface area contributed by atoms with Gasteiger partial charge >= 0.3 is 0 Å². The molecule has 1 aromatic rings. The van der Waals surface area contributed by atoms with Gasteiger partial charge in [-0.3, -0.25) is 0 Å². The number of rotatable bonds is 10. The molecule has 21 heavy (non-hydrogen) atoms. The van der Waals surface area contributed by atoms with Crippen LogP contribution in [0.4, 0.5) is 0 Å². The van der Waals surface area contributed by atoms with Crippen molar-refractivity contribution in [2.75, 3.05) is 40.4 Å². The van der Waals surface area contributed by atoms with Crippen molar-refractivity contribution in [1.29, 1.82) is 0 Å². The van der Waals surface area contributed by atoms with Gasteiger partial charge in [-0.15, -0.1) is 0 Å². The van der Waals surface area contributed by atoms with E-state index in [4.69, 9.17) is 4.74 Å². The van der Waals surface area contributed by atoms with Crippen LogP contribution in [0.5, 0.6) is 0 Å². The maximum atomic E-state index is 12.4. The first kappa shape index (κ1) is 18.1. The summed E-state index contributed by atoms with van der Waals surface area (Å²) in [6.45, 7) is 4.93. The van der Waals surface area contributed by atoms with Gasteiger partial charge in [0.25, 0.3) is 0 Å². The third-order valence-electron chi connectivity index (χ3n) is 3.29. The third-order valence-corrected chi connectivity index (χ3v) is 5.16. The van der Waals surface area contributed by atoms with Gasteiger partial charge in [0.2, 0.25) is 10.0 Å². The molecule has 0 radical (unpaired) electrons. The van der Waals surface area contributed by atoms with Crippen LogP contribution in [-0.4, -0.2) is 53.1 Å². The minimum absolute atomic E-state index is 0.342. The molecule has 1 N–H and O–H groups in total. The predicted octanol–water partition coefficient (Wildman–Crippen LogP) is 1.50. The van der Waals surface area contributed by atoms with Crippen LogP contribution >= 0.6 is 0 Å². The average molecular weight is 314 g/mol. The highest BCUT2D eigenvalue weighted by molar-refractivity contribution is 7.89. The molecule has 0 aliphatic carbocycles. The van der Waals surface area contributed by atoms with Crippen molar-refractivity contribution in [2.45, 2.75) is 24.7 Å². The standard InChI is InChI=1S/C15H26N2O3S/c1-4-16-11-10-14-6-8-15(9-7-14)21(18,19)17(2)12-5-13-20-3/h6-9,16H,4-5,10-13H2,1-3H3. The summed E-state index contributed by atoms with van der Waals surface area (Å²) in [4.78, 5) is 0.342. The van der Waals surface area contributed by atoms with Crippen molar-refractivity contribution >= 4 is 10.0 Å². The highest BCUT2D eigenvalue weighted by Gasteiger charge is 2.19. The van der Waals surface area contributed by atoms with Gasteiger partial charge in [-0.2, -0.15) is 0 Å². The Morgan fingerprint density at radius 2 is 1.90 bits per heavy atom. The molecule has 0 atom stereocenters. The summed E-state index contributed by atoms with van der Waals surface area (Å²) >= 11 is 0. The fourth-order valence-corrected chi connectivity index (χ4v) is 3.18. The van der Waals surface area contributed by atoms with E-state index >= 15 is 0 Å². The minimum atomic E-state index is -3.40. The van der Waals surface area contributed by atoms with Crippen LogP contribution in [0.2, 0.25) is 0 Å². The van der Waals surface area contributed by atoms with Crippen LogP contribution in [0.15, 0.2) is 29.2 Å². The summed E-state index contributed by atoms with van der Waals surface area (Å²) in [6, 6.07) is 7.13. The summed E-state index contributed by atoms with van der Waals surface area (Å²) in [5, 5.41) is 3.25. The lowest BCUT2D eigenvalue weighted by molar-refractivity contribution is 0.189. The highest BCUT2D eigenvalue weighted by Crippen LogP contribution is 2.15. The van der Waals surface area contributed by atoms with Crippen LogP contribution in [0.3, 0.4) is 0 Å². The van der Waals surface area contributed by atoms with Crippen molar-refractivity contribution in [2.24, 2.45) is 0 Å². The summed E-state index contributed by atoms with van der Waals surface area (Å²) in [6.07, 6.45) is 1.59. The molecule has 0 amide bonds. The van der Waals surface area contributed by atoms with E-state index in [9.17, 15) is 8.42 Å². The number of methoxy groups -OCH3 is 1.